The number of nitrogens with one attached hydrogen (secondary N) is 3. The molecule has 0 amide bonds. The fourth-order valence-corrected chi connectivity index (χ4v) is 3.86. The third-order valence-corrected chi connectivity index (χ3v) is 5.74. The van der Waals surface area contributed by atoms with E-state index in [2.05, 4.69) is 20.3 Å². The van der Waals surface area contributed by atoms with Gasteiger partial charge in [-0.15, -0.1) is 24.0 Å². The molecule has 0 heterocycles. The Bertz CT molecular complexity index is 867. The highest BCUT2D eigenvalue weighted by Gasteiger charge is 2.27. The number of sulfonamides is 1. The van der Waals surface area contributed by atoms with Gasteiger partial charge in [-0.1, -0.05) is 42.5 Å². The number of aliphatic imine (C=N–C) groups is 1. The number of halogens is 1. The van der Waals surface area contributed by atoms with Crippen molar-refractivity contribution >= 4 is 40.0 Å². The zero-order chi connectivity index (χ0) is 19.1. The van der Waals surface area contributed by atoms with Crippen molar-refractivity contribution in [2.24, 2.45) is 4.99 Å². The Morgan fingerprint density at radius 1 is 1.00 bits per heavy atom. The van der Waals surface area contributed by atoms with Crippen LogP contribution in [0.4, 0.5) is 0 Å². The number of guanidine groups is 1. The van der Waals surface area contributed by atoms with E-state index >= 15 is 0 Å². The molecule has 6 nitrogen and oxygen atoms in total. The van der Waals surface area contributed by atoms with Gasteiger partial charge >= 0.3 is 0 Å². The maximum Gasteiger partial charge on any atom is 0.240 e. The fourth-order valence-electron chi connectivity index (χ4n) is 2.56. The molecule has 0 radical (unpaired) electrons. The van der Waals surface area contributed by atoms with E-state index in [9.17, 15) is 8.42 Å². The Labute approximate surface area is 184 Å². The second-order valence-electron chi connectivity index (χ2n) is 6.57. The molecule has 1 aliphatic carbocycles. The molecule has 2 aromatic rings. The molecule has 3 rings (SSSR count). The van der Waals surface area contributed by atoms with Crippen molar-refractivity contribution in [3.8, 4) is 0 Å². The smallest absolute Gasteiger partial charge is 0.240 e. The van der Waals surface area contributed by atoms with E-state index in [0.29, 0.717) is 18.0 Å². The van der Waals surface area contributed by atoms with Crippen LogP contribution in [0.1, 0.15) is 30.9 Å². The highest BCUT2D eigenvalue weighted by atomic mass is 127. The van der Waals surface area contributed by atoms with Crippen LogP contribution >= 0.6 is 24.0 Å². The molecule has 0 spiro atoms. The van der Waals surface area contributed by atoms with Gasteiger partial charge in [0, 0.05) is 19.1 Å². The lowest BCUT2D eigenvalue weighted by Crippen LogP contribution is -2.36. The van der Waals surface area contributed by atoms with Crippen molar-refractivity contribution in [3.63, 3.8) is 0 Å². The van der Waals surface area contributed by atoms with Crippen LogP contribution in [-0.4, -0.2) is 27.0 Å². The molecular formula is C20H27IN4O2S. The molecule has 0 saturated heterocycles. The van der Waals surface area contributed by atoms with E-state index in [-0.39, 0.29) is 30.0 Å². The first-order valence-electron chi connectivity index (χ1n) is 9.24. The highest BCUT2D eigenvalue weighted by Crippen LogP contribution is 2.22. The highest BCUT2D eigenvalue weighted by molar-refractivity contribution is 14.0. The fraction of sp³-hybridized carbons (Fsp3) is 0.350. The third kappa shape index (κ3) is 7.06. The van der Waals surface area contributed by atoms with Gasteiger partial charge in [0.1, 0.15) is 0 Å². The molecule has 152 valence electrons. The normalized spacial score (nSPS) is 14.2. The third-order valence-electron chi connectivity index (χ3n) is 4.20. The first-order valence-corrected chi connectivity index (χ1v) is 10.7. The van der Waals surface area contributed by atoms with Gasteiger partial charge in [-0.2, -0.15) is 0 Å². The van der Waals surface area contributed by atoms with Gasteiger partial charge in [0.05, 0.1) is 11.4 Å². The molecule has 0 atom stereocenters. The number of nitrogens with zero attached hydrogens (tertiary/aromatic N) is 1. The molecule has 28 heavy (non-hydrogen) atoms. The standard InChI is InChI=1S/C20H26N4O2S.HI/c1-2-21-20(22-14-16-6-4-3-5-7-16)23-15-17-8-12-19(13-9-17)27(25,26)24-18-10-11-18;/h3-9,12-13,18,24H,2,10-11,14-15H2,1H3,(H2,21,22,23);1H. The summed E-state index contributed by atoms with van der Waals surface area (Å²) < 4.78 is 27.1. The van der Waals surface area contributed by atoms with Crippen molar-refractivity contribution in [2.75, 3.05) is 6.54 Å². The number of hydrogen-bond acceptors (Lipinski definition) is 3. The Morgan fingerprint density at radius 3 is 2.29 bits per heavy atom. The number of benzene rings is 2. The number of hydrogen-bond donors (Lipinski definition) is 3. The first kappa shape index (κ1) is 22.6. The van der Waals surface area contributed by atoms with Gasteiger partial charge < -0.3 is 10.6 Å². The van der Waals surface area contributed by atoms with Gasteiger partial charge in [0.2, 0.25) is 10.0 Å². The minimum absolute atomic E-state index is 0. The zero-order valence-electron chi connectivity index (χ0n) is 15.9. The van der Waals surface area contributed by atoms with Crippen LogP contribution in [0.2, 0.25) is 0 Å². The van der Waals surface area contributed by atoms with Crippen LogP contribution in [0.3, 0.4) is 0 Å². The van der Waals surface area contributed by atoms with Gasteiger partial charge in [0.25, 0.3) is 0 Å². The van der Waals surface area contributed by atoms with E-state index in [0.717, 1.165) is 36.5 Å². The average Bonchev–Trinajstić information content (AvgIpc) is 3.48. The molecule has 1 fully saturated rings. The van der Waals surface area contributed by atoms with Crippen molar-refractivity contribution in [1.29, 1.82) is 0 Å². The average molecular weight is 514 g/mol. The lowest BCUT2D eigenvalue weighted by Gasteiger charge is -2.12. The minimum Gasteiger partial charge on any atom is -0.357 e. The lowest BCUT2D eigenvalue weighted by molar-refractivity contribution is 0.581. The Balaban J connectivity index is 0.00000280. The first-order chi connectivity index (χ1) is 13.1. The molecule has 0 aliphatic heterocycles. The van der Waals surface area contributed by atoms with Gasteiger partial charge in [-0.3, -0.25) is 0 Å². The van der Waals surface area contributed by atoms with Crippen molar-refractivity contribution in [2.45, 2.75) is 43.8 Å². The van der Waals surface area contributed by atoms with E-state index < -0.39 is 10.0 Å². The maximum atomic E-state index is 12.2. The molecular weight excluding hydrogens is 487 g/mol. The molecule has 1 saturated carbocycles. The summed E-state index contributed by atoms with van der Waals surface area (Å²) in [6.07, 6.45) is 1.85. The Hall–Kier alpha value is -1.65. The van der Waals surface area contributed by atoms with Crippen molar-refractivity contribution in [3.05, 3.63) is 65.7 Å². The summed E-state index contributed by atoms with van der Waals surface area (Å²) in [6.45, 7) is 3.95. The minimum atomic E-state index is -3.40. The van der Waals surface area contributed by atoms with Crippen LogP contribution in [0.15, 0.2) is 64.5 Å². The number of rotatable bonds is 8. The molecule has 8 heteroatoms. The van der Waals surface area contributed by atoms with Crippen molar-refractivity contribution in [1.82, 2.24) is 15.4 Å². The van der Waals surface area contributed by atoms with Gasteiger partial charge in [-0.25, -0.2) is 18.1 Å². The quantitative estimate of drug-likeness (QED) is 0.288. The lowest BCUT2D eigenvalue weighted by atomic mass is 10.2. The second kappa shape index (κ2) is 10.8. The van der Waals surface area contributed by atoms with Gasteiger partial charge in [-0.05, 0) is 43.0 Å². The monoisotopic (exact) mass is 514 g/mol. The predicted molar refractivity (Wildman–Crippen MR) is 123 cm³/mol. The predicted octanol–water partition coefficient (Wildman–Crippen LogP) is 3.00. The second-order valence-corrected chi connectivity index (χ2v) is 8.29. The maximum absolute atomic E-state index is 12.2. The van der Waals surface area contributed by atoms with E-state index in [1.54, 1.807) is 12.1 Å². The van der Waals surface area contributed by atoms with Gasteiger partial charge in [0.15, 0.2) is 5.96 Å². The summed E-state index contributed by atoms with van der Waals surface area (Å²) in [6, 6.07) is 17.1. The molecule has 0 unspecified atom stereocenters. The summed E-state index contributed by atoms with van der Waals surface area (Å²) in [4.78, 5) is 4.89. The van der Waals surface area contributed by atoms with Crippen LogP contribution in [0.25, 0.3) is 0 Å². The summed E-state index contributed by atoms with van der Waals surface area (Å²) in [7, 11) is -3.40. The van der Waals surface area contributed by atoms with E-state index in [1.807, 2.05) is 49.4 Å². The molecule has 2 aromatic carbocycles. The summed E-state index contributed by atoms with van der Waals surface area (Å²) in [5, 5.41) is 6.50. The molecule has 0 bridgehead atoms. The SMILES string of the molecule is CCNC(=NCc1ccccc1)NCc1ccc(S(=O)(=O)NC2CC2)cc1.I. The zero-order valence-corrected chi connectivity index (χ0v) is 19.0. The Morgan fingerprint density at radius 2 is 1.68 bits per heavy atom. The van der Waals surface area contributed by atoms with Crippen molar-refractivity contribution < 1.29 is 8.42 Å². The summed E-state index contributed by atoms with van der Waals surface area (Å²) >= 11 is 0. The molecule has 1 aliphatic rings. The van der Waals surface area contributed by atoms with Crippen LogP contribution in [-0.2, 0) is 23.1 Å². The van der Waals surface area contributed by atoms with E-state index in [4.69, 9.17) is 0 Å². The molecule has 0 aromatic heterocycles. The molecule has 3 N–H and O–H groups in total. The summed E-state index contributed by atoms with van der Waals surface area (Å²) in [5.41, 5.74) is 2.14. The summed E-state index contributed by atoms with van der Waals surface area (Å²) in [5.74, 6) is 0.730. The van der Waals surface area contributed by atoms with E-state index in [1.165, 1.54) is 0 Å². The topological polar surface area (TPSA) is 82.6 Å². The largest absolute Gasteiger partial charge is 0.357 e. The van der Waals surface area contributed by atoms with Crippen LogP contribution in [0.5, 0.6) is 0 Å². The Kier molecular flexibility index (Phi) is 8.71. The van der Waals surface area contributed by atoms with Crippen LogP contribution < -0.4 is 15.4 Å². The van der Waals surface area contributed by atoms with Crippen LogP contribution in [0, 0.1) is 0 Å².